The van der Waals surface area contributed by atoms with Gasteiger partial charge in [-0.25, -0.2) is 17.1 Å². The van der Waals surface area contributed by atoms with Gasteiger partial charge in [0.15, 0.2) is 6.10 Å². The summed E-state index contributed by atoms with van der Waals surface area (Å²) >= 11 is 0. The second kappa shape index (κ2) is 13.8. The number of pyridine rings is 2. The van der Waals surface area contributed by atoms with Crippen LogP contribution in [0.5, 0.6) is 5.88 Å². The van der Waals surface area contributed by atoms with Crippen molar-refractivity contribution in [2.45, 2.75) is 30.6 Å². The SMILES string of the molecule is [CH2-]CN(C[CH2-])C[C@H]1OC[C@H](Oc2cccc(C(F)(F)F)n2)[C@@H](O)[C@H]1O.[Li+].[c-]1cccnc1. The van der Waals surface area contributed by atoms with E-state index in [1.807, 2.05) is 17.0 Å². The molecule has 3 rings (SSSR count). The first-order chi connectivity index (χ1) is 14.8. The van der Waals surface area contributed by atoms with Crippen LogP contribution < -0.4 is 23.6 Å². The molecule has 172 valence electrons. The van der Waals surface area contributed by atoms with Crippen molar-refractivity contribution in [3.05, 3.63) is 68.3 Å². The van der Waals surface area contributed by atoms with Crippen LogP contribution in [-0.2, 0) is 10.9 Å². The van der Waals surface area contributed by atoms with Crippen LogP contribution in [0.2, 0.25) is 0 Å². The van der Waals surface area contributed by atoms with Gasteiger partial charge in [0.05, 0.1) is 12.7 Å². The Hall–Kier alpha value is -1.67. The Balaban J connectivity index is 0.000000631. The minimum atomic E-state index is -4.60. The molecule has 0 unspecified atom stereocenters. The van der Waals surface area contributed by atoms with Crippen LogP contribution in [0.25, 0.3) is 0 Å². The van der Waals surface area contributed by atoms with Crippen molar-refractivity contribution in [1.82, 2.24) is 14.9 Å². The summed E-state index contributed by atoms with van der Waals surface area (Å²) in [5.74, 6) is -0.301. The Morgan fingerprint density at radius 1 is 1.19 bits per heavy atom. The third-order valence-corrected chi connectivity index (χ3v) is 4.46. The maximum Gasteiger partial charge on any atom is 1.00 e. The van der Waals surface area contributed by atoms with E-state index < -0.39 is 36.3 Å². The number of rotatable bonds is 6. The Bertz CT molecular complexity index is 743. The molecule has 4 atom stereocenters. The van der Waals surface area contributed by atoms with Gasteiger partial charge in [-0.05, 0) is 6.07 Å². The molecule has 0 radical (unpaired) electrons. The summed E-state index contributed by atoms with van der Waals surface area (Å²) < 4.78 is 48.8. The summed E-state index contributed by atoms with van der Waals surface area (Å²) in [4.78, 5) is 8.92. The van der Waals surface area contributed by atoms with Crippen LogP contribution >= 0.6 is 0 Å². The van der Waals surface area contributed by atoms with E-state index in [1.54, 1.807) is 12.4 Å². The summed E-state index contributed by atoms with van der Waals surface area (Å²) in [6, 6.07) is 9.64. The van der Waals surface area contributed by atoms with E-state index in [1.165, 1.54) is 6.07 Å². The van der Waals surface area contributed by atoms with Crippen molar-refractivity contribution >= 4 is 0 Å². The quantitative estimate of drug-likeness (QED) is 0.426. The van der Waals surface area contributed by atoms with Crippen molar-refractivity contribution in [1.29, 1.82) is 0 Å². The molecule has 0 amide bonds. The van der Waals surface area contributed by atoms with Crippen LogP contribution in [0.4, 0.5) is 13.2 Å². The van der Waals surface area contributed by atoms with Gasteiger partial charge in [-0.3, -0.25) is 0 Å². The fourth-order valence-electron chi connectivity index (χ4n) is 2.74. The van der Waals surface area contributed by atoms with Crippen molar-refractivity contribution in [3.63, 3.8) is 0 Å². The third kappa shape index (κ3) is 8.69. The summed E-state index contributed by atoms with van der Waals surface area (Å²) in [5.41, 5.74) is -1.10. The molecule has 7 nitrogen and oxygen atoms in total. The molecule has 2 N–H and O–H groups in total. The molecule has 1 aliphatic heterocycles. The zero-order valence-corrected chi connectivity index (χ0v) is 17.8. The molecule has 0 aliphatic carbocycles. The zero-order chi connectivity index (χ0) is 22.9. The first kappa shape index (κ1) is 28.4. The van der Waals surface area contributed by atoms with Gasteiger partial charge < -0.3 is 43.4 Å². The molecule has 0 aromatic carbocycles. The van der Waals surface area contributed by atoms with Gasteiger partial charge in [-0.2, -0.15) is 19.2 Å². The van der Waals surface area contributed by atoms with Gasteiger partial charge in [-0.1, -0.05) is 18.5 Å². The number of ether oxygens (including phenoxy) is 2. The molecular weight excluding hydrogens is 422 g/mol. The molecule has 0 bridgehead atoms. The Kier molecular flexibility index (Phi) is 12.2. The second-order valence-corrected chi connectivity index (χ2v) is 6.62. The van der Waals surface area contributed by atoms with Crippen LogP contribution in [-0.4, -0.2) is 75.7 Å². The number of alkyl halides is 3. The molecule has 1 fully saturated rings. The average Bonchev–Trinajstić information content (AvgIpc) is 2.78. The van der Waals surface area contributed by atoms with Gasteiger partial charge in [0.25, 0.3) is 0 Å². The first-order valence-electron chi connectivity index (χ1n) is 9.51. The minimum Gasteiger partial charge on any atom is -0.469 e. The van der Waals surface area contributed by atoms with Gasteiger partial charge in [0.1, 0.15) is 17.9 Å². The van der Waals surface area contributed by atoms with E-state index in [9.17, 15) is 23.4 Å². The molecule has 0 saturated carbocycles. The van der Waals surface area contributed by atoms with Crippen LogP contribution in [0, 0.1) is 19.9 Å². The smallest absolute Gasteiger partial charge is 0.469 e. The van der Waals surface area contributed by atoms with Gasteiger partial charge in [-0.15, -0.1) is 13.1 Å². The second-order valence-electron chi connectivity index (χ2n) is 6.62. The summed E-state index contributed by atoms with van der Waals surface area (Å²) in [6.07, 6.45) is -5.55. The zero-order valence-electron chi connectivity index (χ0n) is 17.8. The monoisotopic (exact) mass is 447 g/mol. The average molecular weight is 447 g/mol. The van der Waals surface area contributed by atoms with Crippen molar-refractivity contribution < 1.29 is 51.7 Å². The fourth-order valence-corrected chi connectivity index (χ4v) is 2.74. The maximum absolute atomic E-state index is 12.7. The van der Waals surface area contributed by atoms with Crippen molar-refractivity contribution in [2.24, 2.45) is 0 Å². The van der Waals surface area contributed by atoms with Gasteiger partial charge >= 0.3 is 25.0 Å². The Morgan fingerprint density at radius 3 is 2.41 bits per heavy atom. The molecule has 11 heteroatoms. The summed E-state index contributed by atoms with van der Waals surface area (Å²) in [6.45, 7) is 8.60. The maximum atomic E-state index is 12.7. The standard InChI is InChI=1S/C16H21F3N2O4.C5H4N.Li/c1-3-21(4-2)8-10-14(22)15(23)11(9-24-10)25-13-7-5-6-12(20-13)16(17,18)19;1-2-4-6-5-3-1;/h5-7,10-11,14-15,22-23H,1-4,8-9H2;1-2,4-5H;/q-2;-1;+1/t10-,11+,14+,15-;;/m1../s1. The predicted molar refractivity (Wildman–Crippen MR) is 106 cm³/mol. The number of nitrogens with zero attached hydrogens (tertiary/aromatic N) is 3. The van der Waals surface area contributed by atoms with E-state index >= 15 is 0 Å². The minimum absolute atomic E-state index is 0. The number of hydrogen-bond donors (Lipinski definition) is 2. The molecule has 3 heterocycles. The normalized spacial score (nSPS) is 23.0. The summed E-state index contributed by atoms with van der Waals surface area (Å²) in [7, 11) is 0. The van der Waals surface area contributed by atoms with E-state index in [0.717, 1.165) is 12.1 Å². The molecular formula is C21H25F3LiN3O4-2. The molecule has 2 aromatic heterocycles. The molecule has 0 spiro atoms. The van der Waals surface area contributed by atoms with E-state index in [2.05, 4.69) is 29.9 Å². The Morgan fingerprint density at radius 2 is 1.91 bits per heavy atom. The first-order valence-corrected chi connectivity index (χ1v) is 9.51. The van der Waals surface area contributed by atoms with E-state index in [4.69, 9.17) is 9.47 Å². The topological polar surface area (TPSA) is 87.9 Å². The van der Waals surface area contributed by atoms with Crippen LogP contribution in [0.15, 0.2) is 42.7 Å². The van der Waals surface area contributed by atoms with Gasteiger partial charge in [0, 0.05) is 12.6 Å². The molecule has 32 heavy (non-hydrogen) atoms. The number of aliphatic hydroxyl groups excluding tert-OH is 2. The van der Waals surface area contributed by atoms with Gasteiger partial charge in [0.2, 0.25) is 5.88 Å². The molecule has 1 saturated heterocycles. The largest absolute Gasteiger partial charge is 1.00 e. The predicted octanol–water partition coefficient (Wildman–Crippen LogP) is -1.18. The van der Waals surface area contributed by atoms with Crippen molar-refractivity contribution in [3.8, 4) is 5.88 Å². The summed E-state index contributed by atoms with van der Waals surface area (Å²) in [5, 5.41) is 20.4. The fraction of sp³-hybridized carbons (Fsp3) is 0.429. The number of halogens is 3. The molecule has 2 aromatic rings. The number of hydrogen-bond acceptors (Lipinski definition) is 7. The molecule has 1 aliphatic rings. The third-order valence-electron chi connectivity index (χ3n) is 4.46. The number of aromatic nitrogens is 2. The van der Waals surface area contributed by atoms with Crippen LogP contribution in [0.3, 0.4) is 0 Å². The van der Waals surface area contributed by atoms with Crippen LogP contribution in [0.1, 0.15) is 5.69 Å². The van der Waals surface area contributed by atoms with Crippen molar-refractivity contribution in [2.75, 3.05) is 26.2 Å². The Labute approximate surface area is 197 Å². The number of aliphatic hydroxyl groups is 2. The van der Waals surface area contributed by atoms with E-state index in [0.29, 0.717) is 19.6 Å². The van der Waals surface area contributed by atoms with E-state index in [-0.39, 0.29) is 31.3 Å².